The number of rotatable bonds is 5. The van der Waals surface area contributed by atoms with Crippen molar-refractivity contribution in [2.75, 3.05) is 37.4 Å². The fourth-order valence-electron chi connectivity index (χ4n) is 3.60. The quantitative estimate of drug-likeness (QED) is 0.581. The smallest absolute Gasteiger partial charge is 0.416 e. The van der Waals surface area contributed by atoms with Gasteiger partial charge in [0.2, 0.25) is 5.91 Å². The number of hydrogen-bond acceptors (Lipinski definition) is 5. The van der Waals surface area contributed by atoms with Gasteiger partial charge in [0.1, 0.15) is 5.52 Å². The Bertz CT molecular complexity index is 1140. The van der Waals surface area contributed by atoms with E-state index in [0.29, 0.717) is 34.4 Å². The number of amides is 1. The third kappa shape index (κ3) is 4.94. The summed E-state index contributed by atoms with van der Waals surface area (Å²) in [6.45, 7) is 1.71. The fraction of sp³-hybridized carbons (Fsp3) is 0.304. The van der Waals surface area contributed by atoms with Crippen LogP contribution >= 0.6 is 0 Å². The first-order valence-electron chi connectivity index (χ1n) is 10.2. The van der Waals surface area contributed by atoms with Crippen molar-refractivity contribution in [1.29, 1.82) is 0 Å². The molecule has 0 spiro atoms. The number of nitrogens with one attached hydrogen (secondary N) is 1. The lowest BCUT2D eigenvalue weighted by Gasteiger charge is -2.19. The summed E-state index contributed by atoms with van der Waals surface area (Å²) in [5.41, 5.74) is 1.58. The number of aromatic nitrogens is 1. The summed E-state index contributed by atoms with van der Waals surface area (Å²) in [4.78, 5) is 21.1. The van der Waals surface area contributed by atoms with Gasteiger partial charge < -0.3 is 19.5 Å². The molecular weight excluding hydrogens is 421 g/mol. The lowest BCUT2D eigenvalue weighted by molar-refractivity contribution is -0.137. The number of fused-ring (bicyclic) bond motifs is 1. The number of alkyl halides is 3. The Morgan fingerprint density at radius 1 is 1.22 bits per heavy atom. The molecule has 0 saturated carbocycles. The molecule has 2 aromatic carbocycles. The highest BCUT2D eigenvalue weighted by Crippen LogP contribution is 2.29. The van der Waals surface area contributed by atoms with Gasteiger partial charge in [-0.05, 0) is 62.5 Å². The van der Waals surface area contributed by atoms with E-state index in [1.165, 1.54) is 24.3 Å². The molecule has 6 nitrogen and oxygen atoms in total. The van der Waals surface area contributed by atoms with Gasteiger partial charge in [-0.1, -0.05) is 12.1 Å². The molecule has 0 radical (unpaired) electrons. The molecule has 0 unspecified atom stereocenters. The van der Waals surface area contributed by atoms with Crippen molar-refractivity contribution in [1.82, 2.24) is 9.88 Å². The average molecular weight is 444 g/mol. The second kappa shape index (κ2) is 8.66. The van der Waals surface area contributed by atoms with E-state index in [-0.39, 0.29) is 0 Å². The standard InChI is InChI=1S/C23H23F3N4O2/c1-29(2)18-11-12-30(14-18)22-28-19-13-17(8-9-20(19)32-22)27-21(31)10-5-15-3-6-16(7-4-15)23(24,25)26/h3-10,13,18H,11-12,14H2,1-2H3,(H,27,31)/t18-/m1/s1. The molecule has 32 heavy (non-hydrogen) atoms. The summed E-state index contributed by atoms with van der Waals surface area (Å²) in [6.07, 6.45) is -0.621. The number of benzene rings is 2. The molecule has 1 saturated heterocycles. The van der Waals surface area contributed by atoms with Crippen LogP contribution in [-0.4, -0.2) is 49.0 Å². The van der Waals surface area contributed by atoms with Gasteiger partial charge in [-0.3, -0.25) is 4.79 Å². The minimum absolute atomic E-state index is 0.402. The summed E-state index contributed by atoms with van der Waals surface area (Å²) in [6, 6.07) is 10.8. The predicted octanol–water partition coefficient (Wildman–Crippen LogP) is 4.64. The first kappa shape index (κ1) is 21.9. The molecule has 1 N–H and O–H groups in total. The summed E-state index contributed by atoms with van der Waals surface area (Å²) >= 11 is 0. The average Bonchev–Trinajstić information content (AvgIpc) is 3.39. The summed E-state index contributed by atoms with van der Waals surface area (Å²) < 4.78 is 43.7. The highest BCUT2D eigenvalue weighted by atomic mass is 19.4. The predicted molar refractivity (Wildman–Crippen MR) is 117 cm³/mol. The number of likely N-dealkylation sites (N-methyl/N-ethyl adjacent to an activating group) is 1. The summed E-state index contributed by atoms with van der Waals surface area (Å²) in [5, 5.41) is 2.73. The van der Waals surface area contributed by atoms with Gasteiger partial charge in [-0.15, -0.1) is 0 Å². The molecule has 1 fully saturated rings. The molecule has 0 aliphatic carbocycles. The first-order chi connectivity index (χ1) is 15.2. The van der Waals surface area contributed by atoms with Crippen LogP contribution in [0.15, 0.2) is 53.0 Å². The van der Waals surface area contributed by atoms with Crippen LogP contribution in [0, 0.1) is 0 Å². The maximum absolute atomic E-state index is 12.6. The first-order valence-corrected chi connectivity index (χ1v) is 10.2. The molecule has 1 aliphatic rings. The second-order valence-electron chi connectivity index (χ2n) is 7.97. The Balaban J connectivity index is 1.40. The van der Waals surface area contributed by atoms with E-state index in [9.17, 15) is 18.0 Å². The van der Waals surface area contributed by atoms with Crippen molar-refractivity contribution in [3.05, 3.63) is 59.7 Å². The number of nitrogens with zero attached hydrogens (tertiary/aromatic N) is 3. The van der Waals surface area contributed by atoms with Gasteiger partial charge in [0.25, 0.3) is 6.01 Å². The zero-order valence-corrected chi connectivity index (χ0v) is 17.7. The van der Waals surface area contributed by atoms with Crippen LogP contribution in [0.4, 0.5) is 24.9 Å². The molecule has 3 aromatic rings. The van der Waals surface area contributed by atoms with Crippen molar-refractivity contribution < 1.29 is 22.4 Å². The Labute approximate surface area is 183 Å². The third-order valence-electron chi connectivity index (χ3n) is 5.47. The molecule has 9 heteroatoms. The number of oxazole rings is 1. The van der Waals surface area contributed by atoms with Crippen molar-refractivity contribution in [2.45, 2.75) is 18.6 Å². The maximum Gasteiger partial charge on any atom is 0.416 e. The largest absolute Gasteiger partial charge is 0.423 e. The van der Waals surface area contributed by atoms with Crippen LogP contribution in [0.3, 0.4) is 0 Å². The molecule has 1 aromatic heterocycles. The minimum Gasteiger partial charge on any atom is -0.423 e. The van der Waals surface area contributed by atoms with Crippen molar-refractivity contribution in [3.63, 3.8) is 0 Å². The second-order valence-corrected chi connectivity index (χ2v) is 7.97. The highest BCUT2D eigenvalue weighted by Gasteiger charge is 2.30. The van der Waals surface area contributed by atoms with E-state index in [2.05, 4.69) is 34.2 Å². The van der Waals surface area contributed by atoms with Gasteiger partial charge in [-0.25, -0.2) is 0 Å². The van der Waals surface area contributed by atoms with E-state index in [1.807, 2.05) is 0 Å². The molecule has 0 bridgehead atoms. The Hall–Kier alpha value is -3.33. The molecule has 1 atom stereocenters. The van der Waals surface area contributed by atoms with Crippen LogP contribution in [0.2, 0.25) is 0 Å². The number of anilines is 2. The Kier molecular flexibility index (Phi) is 5.92. The highest BCUT2D eigenvalue weighted by molar-refractivity contribution is 6.02. The van der Waals surface area contributed by atoms with Gasteiger partial charge in [0, 0.05) is 30.9 Å². The van der Waals surface area contributed by atoms with E-state index in [0.717, 1.165) is 31.6 Å². The van der Waals surface area contributed by atoms with Gasteiger partial charge in [0.15, 0.2) is 5.58 Å². The SMILES string of the molecule is CN(C)[C@@H]1CCN(c2nc3cc(NC(=O)C=Cc4ccc(C(F)(F)F)cc4)ccc3o2)C1. The van der Waals surface area contributed by atoms with Crippen molar-refractivity contribution in [2.24, 2.45) is 0 Å². The van der Waals surface area contributed by atoms with Crippen LogP contribution < -0.4 is 10.2 Å². The normalized spacial score (nSPS) is 17.1. The fourth-order valence-corrected chi connectivity index (χ4v) is 3.60. The Morgan fingerprint density at radius 2 is 1.97 bits per heavy atom. The van der Waals surface area contributed by atoms with Crippen molar-refractivity contribution >= 4 is 34.8 Å². The van der Waals surface area contributed by atoms with Gasteiger partial charge in [-0.2, -0.15) is 18.2 Å². The lowest BCUT2D eigenvalue weighted by Crippen LogP contribution is -2.31. The van der Waals surface area contributed by atoms with Crippen LogP contribution in [0.25, 0.3) is 17.2 Å². The lowest BCUT2D eigenvalue weighted by atomic mass is 10.1. The van der Waals surface area contributed by atoms with E-state index >= 15 is 0 Å². The number of halogens is 3. The van der Waals surface area contributed by atoms with Gasteiger partial charge >= 0.3 is 6.18 Å². The van der Waals surface area contributed by atoms with Gasteiger partial charge in [0.05, 0.1) is 5.56 Å². The van der Waals surface area contributed by atoms with E-state index in [4.69, 9.17) is 4.42 Å². The van der Waals surface area contributed by atoms with Crippen LogP contribution in [0.1, 0.15) is 17.5 Å². The summed E-state index contributed by atoms with van der Waals surface area (Å²) in [7, 11) is 4.11. The topological polar surface area (TPSA) is 61.6 Å². The zero-order valence-electron chi connectivity index (χ0n) is 17.7. The molecule has 2 heterocycles. The zero-order chi connectivity index (χ0) is 22.9. The molecule has 168 valence electrons. The van der Waals surface area contributed by atoms with E-state index in [1.54, 1.807) is 18.2 Å². The molecule has 4 rings (SSSR count). The minimum atomic E-state index is -4.39. The van der Waals surface area contributed by atoms with Crippen molar-refractivity contribution in [3.8, 4) is 0 Å². The monoisotopic (exact) mass is 444 g/mol. The molecule has 1 aliphatic heterocycles. The maximum atomic E-state index is 12.6. The number of hydrogen-bond donors (Lipinski definition) is 1. The third-order valence-corrected chi connectivity index (χ3v) is 5.47. The van der Waals surface area contributed by atoms with Crippen LogP contribution in [0.5, 0.6) is 0 Å². The number of carbonyl (C=O) groups excluding carboxylic acids is 1. The molecular formula is C23H23F3N4O2. The van der Waals surface area contributed by atoms with Crippen LogP contribution in [-0.2, 0) is 11.0 Å². The Morgan fingerprint density at radius 3 is 2.62 bits per heavy atom. The number of carbonyl (C=O) groups is 1. The summed E-state index contributed by atoms with van der Waals surface area (Å²) in [5.74, 6) is -0.402. The molecule has 1 amide bonds. The van der Waals surface area contributed by atoms with E-state index < -0.39 is 17.6 Å².